The summed E-state index contributed by atoms with van der Waals surface area (Å²) in [6.07, 6.45) is -0.253. The molecule has 1 aromatic carbocycles. The molecular formula is C18H26N2O3. The van der Waals surface area contributed by atoms with Crippen LogP contribution in [0.1, 0.15) is 45.0 Å². The van der Waals surface area contributed by atoms with Crippen LogP contribution >= 0.6 is 0 Å². The smallest absolute Gasteiger partial charge is 0.410 e. The van der Waals surface area contributed by atoms with Crippen LogP contribution in [0.4, 0.5) is 10.5 Å². The third kappa shape index (κ3) is 4.47. The van der Waals surface area contributed by atoms with E-state index in [4.69, 9.17) is 4.74 Å². The maximum absolute atomic E-state index is 12.2. The average molecular weight is 318 g/mol. The van der Waals surface area contributed by atoms with E-state index in [2.05, 4.69) is 4.90 Å². The number of hydrogen-bond acceptors (Lipinski definition) is 4. The fourth-order valence-electron chi connectivity index (χ4n) is 2.69. The highest BCUT2D eigenvalue weighted by molar-refractivity contribution is 5.94. The van der Waals surface area contributed by atoms with E-state index in [1.165, 1.54) is 0 Å². The Balaban J connectivity index is 2.00. The summed E-state index contributed by atoms with van der Waals surface area (Å²) in [5.74, 6) is 0.0691. The van der Waals surface area contributed by atoms with Gasteiger partial charge in [-0.15, -0.1) is 0 Å². The number of carbonyl (C=O) groups excluding carboxylic acids is 2. The number of ether oxygens (including phenoxy) is 1. The van der Waals surface area contributed by atoms with Crippen molar-refractivity contribution in [2.24, 2.45) is 0 Å². The van der Waals surface area contributed by atoms with Crippen LogP contribution in [0.2, 0.25) is 0 Å². The fourth-order valence-corrected chi connectivity index (χ4v) is 2.69. The molecule has 0 aromatic heterocycles. The van der Waals surface area contributed by atoms with Crippen LogP contribution in [-0.4, -0.2) is 48.1 Å². The highest BCUT2D eigenvalue weighted by Crippen LogP contribution is 2.21. The summed E-state index contributed by atoms with van der Waals surface area (Å²) in [5, 5.41) is 0. The highest BCUT2D eigenvalue weighted by atomic mass is 16.6. The molecule has 2 rings (SSSR count). The molecule has 126 valence electrons. The van der Waals surface area contributed by atoms with E-state index < -0.39 is 5.60 Å². The normalized spacial score (nSPS) is 18.7. The van der Waals surface area contributed by atoms with Gasteiger partial charge in [-0.25, -0.2) is 4.79 Å². The molecule has 0 aliphatic carbocycles. The second-order valence-corrected chi connectivity index (χ2v) is 7.07. The Labute approximate surface area is 138 Å². The summed E-state index contributed by atoms with van der Waals surface area (Å²) in [7, 11) is 0. The Bertz CT molecular complexity index is 575. The van der Waals surface area contributed by atoms with Crippen molar-refractivity contribution in [1.82, 2.24) is 4.90 Å². The number of benzene rings is 1. The minimum atomic E-state index is -0.476. The van der Waals surface area contributed by atoms with Crippen LogP contribution in [-0.2, 0) is 4.74 Å². The fraction of sp³-hybridized carbons (Fsp3) is 0.556. The average Bonchev–Trinajstić information content (AvgIpc) is 2.45. The van der Waals surface area contributed by atoms with Gasteiger partial charge in [0, 0.05) is 36.9 Å². The Morgan fingerprint density at radius 3 is 2.22 bits per heavy atom. The zero-order valence-electron chi connectivity index (χ0n) is 14.6. The molecule has 5 nitrogen and oxygen atoms in total. The SMILES string of the molecule is CC(=O)c1ccc(N2CCN(C(=O)OC(C)(C)C)C(C)C2)cc1. The summed E-state index contributed by atoms with van der Waals surface area (Å²) < 4.78 is 5.46. The van der Waals surface area contributed by atoms with Gasteiger partial charge in [-0.05, 0) is 58.9 Å². The van der Waals surface area contributed by atoms with E-state index >= 15 is 0 Å². The van der Waals surface area contributed by atoms with Crippen LogP contribution in [0.3, 0.4) is 0 Å². The second kappa shape index (κ2) is 6.60. The maximum Gasteiger partial charge on any atom is 0.410 e. The Morgan fingerprint density at radius 1 is 1.13 bits per heavy atom. The van der Waals surface area contributed by atoms with E-state index in [1.807, 2.05) is 52.0 Å². The number of hydrogen-bond donors (Lipinski definition) is 0. The summed E-state index contributed by atoms with van der Waals surface area (Å²) in [4.78, 5) is 27.6. The molecule has 0 saturated carbocycles. The molecule has 1 atom stereocenters. The molecule has 5 heteroatoms. The number of rotatable bonds is 2. The first-order chi connectivity index (χ1) is 10.7. The van der Waals surface area contributed by atoms with E-state index in [9.17, 15) is 9.59 Å². The predicted molar refractivity (Wildman–Crippen MR) is 91.1 cm³/mol. The molecule has 1 amide bonds. The van der Waals surface area contributed by atoms with Crippen molar-refractivity contribution in [3.05, 3.63) is 29.8 Å². The third-order valence-electron chi connectivity index (χ3n) is 3.89. The zero-order valence-corrected chi connectivity index (χ0v) is 14.6. The molecule has 0 radical (unpaired) electrons. The van der Waals surface area contributed by atoms with Crippen molar-refractivity contribution in [1.29, 1.82) is 0 Å². The lowest BCUT2D eigenvalue weighted by atomic mass is 10.1. The van der Waals surface area contributed by atoms with Gasteiger partial charge in [-0.3, -0.25) is 4.79 Å². The molecule has 0 N–H and O–H groups in total. The van der Waals surface area contributed by atoms with Gasteiger partial charge >= 0.3 is 6.09 Å². The van der Waals surface area contributed by atoms with Crippen LogP contribution in [0.25, 0.3) is 0 Å². The number of piperazine rings is 1. The molecule has 23 heavy (non-hydrogen) atoms. The molecule has 1 aliphatic heterocycles. The van der Waals surface area contributed by atoms with Gasteiger partial charge in [0.25, 0.3) is 0 Å². The molecule has 0 bridgehead atoms. The minimum Gasteiger partial charge on any atom is -0.444 e. The molecule has 1 saturated heterocycles. The molecule has 1 aliphatic rings. The quantitative estimate of drug-likeness (QED) is 0.785. The molecular weight excluding hydrogens is 292 g/mol. The van der Waals surface area contributed by atoms with Crippen LogP contribution in [0.15, 0.2) is 24.3 Å². The van der Waals surface area contributed by atoms with Gasteiger partial charge in [0.2, 0.25) is 0 Å². The van der Waals surface area contributed by atoms with E-state index in [1.54, 1.807) is 11.8 Å². The third-order valence-corrected chi connectivity index (χ3v) is 3.89. The molecule has 1 aromatic rings. The Morgan fingerprint density at radius 2 is 1.74 bits per heavy atom. The lowest BCUT2D eigenvalue weighted by molar-refractivity contribution is 0.0159. The number of nitrogens with zero attached hydrogens (tertiary/aromatic N) is 2. The molecule has 1 fully saturated rings. The van der Waals surface area contributed by atoms with Crippen molar-refractivity contribution in [3.63, 3.8) is 0 Å². The Kier molecular flexibility index (Phi) is 4.97. The first-order valence-electron chi connectivity index (χ1n) is 8.03. The number of amides is 1. The van der Waals surface area contributed by atoms with Crippen molar-refractivity contribution in [2.45, 2.75) is 46.3 Å². The minimum absolute atomic E-state index is 0.0691. The summed E-state index contributed by atoms with van der Waals surface area (Å²) in [6, 6.07) is 7.70. The summed E-state index contributed by atoms with van der Waals surface area (Å²) >= 11 is 0. The monoisotopic (exact) mass is 318 g/mol. The number of carbonyl (C=O) groups is 2. The van der Waals surface area contributed by atoms with Crippen LogP contribution in [0.5, 0.6) is 0 Å². The molecule has 1 unspecified atom stereocenters. The first-order valence-corrected chi connectivity index (χ1v) is 8.03. The lowest BCUT2D eigenvalue weighted by Crippen LogP contribution is -2.55. The van der Waals surface area contributed by atoms with Crippen LogP contribution < -0.4 is 4.90 Å². The standard InChI is InChI=1S/C18H26N2O3/c1-13-12-19(16-8-6-15(7-9-16)14(2)21)10-11-20(13)17(22)23-18(3,4)5/h6-9,13H,10-12H2,1-5H3. The molecule has 0 spiro atoms. The lowest BCUT2D eigenvalue weighted by Gasteiger charge is -2.41. The zero-order chi connectivity index (χ0) is 17.2. The van der Waals surface area contributed by atoms with Crippen molar-refractivity contribution in [2.75, 3.05) is 24.5 Å². The van der Waals surface area contributed by atoms with E-state index in [0.29, 0.717) is 12.1 Å². The summed E-state index contributed by atoms with van der Waals surface area (Å²) in [6.45, 7) is 11.4. The Hall–Kier alpha value is -2.04. The van der Waals surface area contributed by atoms with Crippen molar-refractivity contribution in [3.8, 4) is 0 Å². The topological polar surface area (TPSA) is 49.9 Å². The largest absolute Gasteiger partial charge is 0.444 e. The predicted octanol–water partition coefficient (Wildman–Crippen LogP) is 3.33. The number of ketones is 1. The maximum atomic E-state index is 12.2. The highest BCUT2D eigenvalue weighted by Gasteiger charge is 2.30. The van der Waals surface area contributed by atoms with Gasteiger partial charge in [-0.1, -0.05) is 0 Å². The van der Waals surface area contributed by atoms with Crippen LogP contribution in [0, 0.1) is 0 Å². The number of anilines is 1. The van der Waals surface area contributed by atoms with E-state index in [-0.39, 0.29) is 17.9 Å². The van der Waals surface area contributed by atoms with Crippen molar-refractivity contribution >= 4 is 17.6 Å². The first kappa shape index (κ1) is 17.3. The van der Waals surface area contributed by atoms with Gasteiger partial charge in [0.05, 0.1) is 0 Å². The summed E-state index contributed by atoms with van der Waals surface area (Å²) in [5.41, 5.74) is 1.32. The van der Waals surface area contributed by atoms with Crippen molar-refractivity contribution < 1.29 is 14.3 Å². The number of Topliss-reactive ketones (excluding diaryl/α,β-unsaturated/α-hetero) is 1. The molecule has 1 heterocycles. The second-order valence-electron chi connectivity index (χ2n) is 7.07. The van der Waals surface area contributed by atoms with Gasteiger partial charge in [-0.2, -0.15) is 0 Å². The van der Waals surface area contributed by atoms with Gasteiger partial charge in [0.15, 0.2) is 5.78 Å². The van der Waals surface area contributed by atoms with E-state index in [0.717, 1.165) is 18.8 Å². The van der Waals surface area contributed by atoms with Gasteiger partial charge in [0.1, 0.15) is 5.60 Å². The van der Waals surface area contributed by atoms with Gasteiger partial charge < -0.3 is 14.5 Å².